The first-order chi connectivity index (χ1) is 11.7. The molecule has 1 aromatic carbocycles. The number of anilines is 1. The number of nitriles is 1. The Bertz CT molecular complexity index is 799. The van der Waals surface area contributed by atoms with Crippen LogP contribution in [0, 0.1) is 11.3 Å². The number of esters is 1. The topological polar surface area (TPSA) is 86.5 Å². The number of hydrogen-bond acceptors (Lipinski definition) is 6. The molecule has 0 fully saturated rings. The largest absolute Gasteiger partial charge is 0.457 e. The summed E-state index contributed by atoms with van der Waals surface area (Å²) in [5, 5.41) is 21.5. The van der Waals surface area contributed by atoms with Gasteiger partial charge in [-0.3, -0.25) is 5.21 Å². The van der Waals surface area contributed by atoms with E-state index in [9.17, 15) is 15.3 Å². The molecule has 2 aromatic rings. The summed E-state index contributed by atoms with van der Waals surface area (Å²) < 4.78 is 5.40. The van der Waals surface area contributed by atoms with Crippen molar-refractivity contribution in [2.24, 2.45) is 0 Å². The van der Waals surface area contributed by atoms with Gasteiger partial charge in [-0.1, -0.05) is 29.8 Å². The smallest absolute Gasteiger partial charge is 0.354 e. The Kier molecular flexibility index (Phi) is 5.31. The standard InChI is InChI=1S/C18H18ClN3O3/c1-17(2,3)25-16(23)18(12-20,13-7-6-8-14(19)11-13)22(24)15-9-4-5-10-21-15/h4-11,24H,1-3H3/t18-/m1/s1. The van der Waals surface area contributed by atoms with Gasteiger partial charge in [0.05, 0.1) is 0 Å². The Morgan fingerprint density at radius 3 is 2.52 bits per heavy atom. The summed E-state index contributed by atoms with van der Waals surface area (Å²) in [6.45, 7) is 5.02. The van der Waals surface area contributed by atoms with Gasteiger partial charge in [-0.15, -0.1) is 0 Å². The van der Waals surface area contributed by atoms with E-state index in [4.69, 9.17) is 16.3 Å². The molecule has 0 aliphatic heterocycles. The van der Waals surface area contributed by atoms with Crippen LogP contribution >= 0.6 is 11.6 Å². The number of carbonyl (C=O) groups is 1. The van der Waals surface area contributed by atoms with Crippen molar-refractivity contribution in [1.29, 1.82) is 5.26 Å². The Morgan fingerprint density at radius 2 is 2.00 bits per heavy atom. The van der Waals surface area contributed by atoms with Gasteiger partial charge in [-0.25, -0.2) is 14.8 Å². The first-order valence-electron chi connectivity index (χ1n) is 7.51. The summed E-state index contributed by atoms with van der Waals surface area (Å²) in [7, 11) is 0. The maximum absolute atomic E-state index is 12.9. The number of benzene rings is 1. The number of hydroxylamine groups is 1. The maximum Gasteiger partial charge on any atom is 0.354 e. The Balaban J connectivity index is 2.65. The van der Waals surface area contributed by atoms with Gasteiger partial charge in [-0.2, -0.15) is 5.26 Å². The number of nitrogens with zero attached hydrogens (tertiary/aromatic N) is 3. The van der Waals surface area contributed by atoms with E-state index in [1.54, 1.807) is 45.0 Å². The third-order valence-electron chi connectivity index (χ3n) is 3.28. The van der Waals surface area contributed by atoms with Gasteiger partial charge in [0.15, 0.2) is 5.82 Å². The van der Waals surface area contributed by atoms with Crippen LogP contribution in [0.2, 0.25) is 5.02 Å². The quantitative estimate of drug-likeness (QED) is 0.661. The summed E-state index contributed by atoms with van der Waals surface area (Å²) in [4.78, 5) is 16.9. The molecular formula is C18H18ClN3O3. The molecule has 1 N–H and O–H groups in total. The highest BCUT2D eigenvalue weighted by molar-refractivity contribution is 6.30. The number of pyridine rings is 1. The average molecular weight is 360 g/mol. The molecule has 0 radical (unpaired) electrons. The van der Waals surface area contributed by atoms with Gasteiger partial charge >= 0.3 is 5.97 Å². The van der Waals surface area contributed by atoms with E-state index in [0.29, 0.717) is 10.1 Å². The predicted octanol–water partition coefficient (Wildman–Crippen LogP) is 3.69. The summed E-state index contributed by atoms with van der Waals surface area (Å²) in [6.07, 6.45) is 1.44. The Hall–Kier alpha value is -2.62. The summed E-state index contributed by atoms with van der Waals surface area (Å²) in [6, 6.07) is 12.8. The molecule has 0 aliphatic rings. The van der Waals surface area contributed by atoms with Crippen molar-refractivity contribution in [2.75, 3.05) is 5.06 Å². The van der Waals surface area contributed by atoms with Gasteiger partial charge < -0.3 is 4.74 Å². The molecule has 130 valence electrons. The van der Waals surface area contributed by atoms with E-state index < -0.39 is 17.1 Å². The molecule has 25 heavy (non-hydrogen) atoms. The van der Waals surface area contributed by atoms with E-state index in [0.717, 1.165) is 0 Å². The second kappa shape index (κ2) is 7.09. The van der Waals surface area contributed by atoms with Crippen molar-refractivity contribution in [2.45, 2.75) is 31.9 Å². The molecule has 0 spiro atoms. The molecule has 0 saturated carbocycles. The van der Waals surface area contributed by atoms with E-state index in [1.165, 1.54) is 24.4 Å². The lowest BCUT2D eigenvalue weighted by atomic mass is 9.90. The molecule has 7 heteroatoms. The number of ether oxygens (including phenoxy) is 1. The number of hydrogen-bond donors (Lipinski definition) is 1. The lowest BCUT2D eigenvalue weighted by molar-refractivity contribution is -0.162. The SMILES string of the molecule is CC(C)(C)OC(=O)[C@@](C#N)(c1cccc(Cl)c1)N(O)c1ccccn1. The fourth-order valence-corrected chi connectivity index (χ4v) is 2.39. The van der Waals surface area contributed by atoms with Gasteiger partial charge in [-0.05, 0) is 45.0 Å². The molecule has 1 heterocycles. The summed E-state index contributed by atoms with van der Waals surface area (Å²) in [5.74, 6) is -0.909. The number of rotatable bonds is 4. The number of carbonyl (C=O) groups excluding carboxylic acids is 1. The molecule has 0 amide bonds. The summed E-state index contributed by atoms with van der Waals surface area (Å²) >= 11 is 6.02. The van der Waals surface area contributed by atoms with E-state index in [2.05, 4.69) is 4.98 Å². The maximum atomic E-state index is 12.9. The normalized spacial score (nSPS) is 13.4. The van der Waals surface area contributed by atoms with Crippen LogP contribution in [-0.2, 0) is 15.1 Å². The Labute approximate surface area is 151 Å². The number of aromatic nitrogens is 1. The van der Waals surface area contributed by atoms with Crippen LogP contribution in [0.3, 0.4) is 0 Å². The minimum Gasteiger partial charge on any atom is -0.457 e. The molecule has 1 atom stereocenters. The van der Waals surface area contributed by atoms with Crippen LogP contribution in [0.25, 0.3) is 0 Å². The molecule has 0 saturated heterocycles. The van der Waals surface area contributed by atoms with Gasteiger partial charge in [0.25, 0.3) is 5.54 Å². The van der Waals surface area contributed by atoms with Crippen molar-refractivity contribution in [3.8, 4) is 6.07 Å². The van der Waals surface area contributed by atoms with E-state index >= 15 is 0 Å². The first-order valence-corrected chi connectivity index (χ1v) is 7.89. The minimum absolute atomic E-state index is 0.0230. The van der Waals surface area contributed by atoms with Crippen LogP contribution < -0.4 is 5.06 Å². The fourth-order valence-electron chi connectivity index (χ4n) is 2.20. The molecule has 0 bridgehead atoms. The van der Waals surface area contributed by atoms with Crippen molar-refractivity contribution in [1.82, 2.24) is 4.98 Å². The van der Waals surface area contributed by atoms with Crippen LogP contribution in [0.5, 0.6) is 0 Å². The third kappa shape index (κ3) is 3.90. The van der Waals surface area contributed by atoms with E-state index in [1.807, 2.05) is 6.07 Å². The van der Waals surface area contributed by atoms with Crippen LogP contribution in [-0.4, -0.2) is 21.8 Å². The molecule has 6 nitrogen and oxygen atoms in total. The second-order valence-corrected chi connectivity index (χ2v) is 6.77. The van der Waals surface area contributed by atoms with Crippen LogP contribution in [0.1, 0.15) is 26.3 Å². The highest BCUT2D eigenvalue weighted by Gasteiger charge is 2.50. The second-order valence-electron chi connectivity index (χ2n) is 6.33. The third-order valence-corrected chi connectivity index (χ3v) is 3.52. The molecule has 0 aliphatic carbocycles. The zero-order chi connectivity index (χ0) is 18.7. The highest BCUT2D eigenvalue weighted by Crippen LogP contribution is 2.34. The average Bonchev–Trinajstić information content (AvgIpc) is 2.55. The zero-order valence-electron chi connectivity index (χ0n) is 14.1. The molecule has 2 rings (SSSR count). The van der Waals surface area contributed by atoms with E-state index in [-0.39, 0.29) is 11.4 Å². The monoisotopic (exact) mass is 359 g/mol. The predicted molar refractivity (Wildman–Crippen MR) is 93.1 cm³/mol. The minimum atomic E-state index is -2.16. The first kappa shape index (κ1) is 18.7. The van der Waals surface area contributed by atoms with Crippen LogP contribution in [0.4, 0.5) is 5.82 Å². The molecule has 0 unspecified atom stereocenters. The fraction of sp³-hybridized carbons (Fsp3) is 0.278. The van der Waals surface area contributed by atoms with Crippen LogP contribution in [0.15, 0.2) is 48.7 Å². The van der Waals surface area contributed by atoms with Crippen molar-refractivity contribution >= 4 is 23.4 Å². The summed E-state index contributed by atoms with van der Waals surface area (Å²) in [5.41, 5.74) is -2.85. The Morgan fingerprint density at radius 1 is 1.28 bits per heavy atom. The van der Waals surface area contributed by atoms with Gasteiger partial charge in [0.2, 0.25) is 0 Å². The highest BCUT2D eigenvalue weighted by atomic mass is 35.5. The zero-order valence-corrected chi connectivity index (χ0v) is 14.9. The van der Waals surface area contributed by atoms with Crippen molar-refractivity contribution in [3.63, 3.8) is 0 Å². The lowest BCUT2D eigenvalue weighted by Gasteiger charge is -2.35. The molecule has 1 aromatic heterocycles. The van der Waals surface area contributed by atoms with Gasteiger partial charge in [0, 0.05) is 16.8 Å². The van der Waals surface area contributed by atoms with Crippen molar-refractivity contribution in [3.05, 3.63) is 59.2 Å². The molecular weight excluding hydrogens is 342 g/mol. The van der Waals surface area contributed by atoms with Crippen molar-refractivity contribution < 1.29 is 14.7 Å². The number of halogens is 1. The lowest BCUT2D eigenvalue weighted by Crippen LogP contribution is -2.52. The van der Waals surface area contributed by atoms with Gasteiger partial charge in [0.1, 0.15) is 11.7 Å².